The Hall–Kier alpha value is -1.38. The molecule has 10 nitrogen and oxygen atoms in total. The molecule has 0 aliphatic heterocycles. The molecule has 0 radical (unpaired) electrons. The fourth-order valence-corrected chi connectivity index (χ4v) is 4.23. The fraction of sp³-hybridized carbons (Fsp3) is 0.533. The van der Waals surface area contributed by atoms with E-state index in [4.69, 9.17) is 13.7 Å². The Morgan fingerprint density at radius 2 is 1.46 bits per heavy atom. The zero-order valence-corrected chi connectivity index (χ0v) is 17.9. The maximum atomic E-state index is 11.3. The summed E-state index contributed by atoms with van der Waals surface area (Å²) in [5.74, 6) is -0.923. The van der Waals surface area contributed by atoms with Crippen LogP contribution in [0.25, 0.3) is 0 Å². The Labute approximate surface area is 165 Å². The van der Waals surface area contributed by atoms with E-state index >= 15 is 0 Å². The summed E-state index contributed by atoms with van der Waals surface area (Å²) in [6.45, 7) is 3.45. The Morgan fingerprint density at radius 1 is 0.929 bits per heavy atom. The van der Waals surface area contributed by atoms with Crippen LogP contribution >= 0.6 is 0 Å². The van der Waals surface area contributed by atoms with Crippen molar-refractivity contribution in [3.05, 3.63) is 23.8 Å². The van der Waals surface area contributed by atoms with Gasteiger partial charge in [-0.2, -0.15) is 29.8 Å². The molecule has 160 valence electrons. The number of aryl methyl sites for hydroxylation is 1. The molecule has 0 heterocycles. The van der Waals surface area contributed by atoms with Crippen molar-refractivity contribution < 1.29 is 43.5 Å². The third-order valence-electron chi connectivity index (χ3n) is 3.94. The second-order valence-electron chi connectivity index (χ2n) is 6.34. The van der Waals surface area contributed by atoms with E-state index in [1.165, 1.54) is 18.2 Å². The van der Waals surface area contributed by atoms with Gasteiger partial charge in [0.2, 0.25) is 5.69 Å². The van der Waals surface area contributed by atoms with Crippen molar-refractivity contribution in [2.24, 2.45) is 0 Å². The minimum atomic E-state index is -4.39. The molecule has 0 aliphatic rings. The van der Waals surface area contributed by atoms with Gasteiger partial charge < -0.3 is 0 Å². The molecular formula is C15H24NO9S3+. The van der Waals surface area contributed by atoms with Gasteiger partial charge in [-0.3, -0.25) is 13.7 Å². The summed E-state index contributed by atoms with van der Waals surface area (Å²) in [4.78, 5) is -0.296. The zero-order chi connectivity index (χ0) is 21.8. The molecule has 0 amide bonds. The van der Waals surface area contributed by atoms with Gasteiger partial charge in [0.05, 0.1) is 16.4 Å². The smallest absolute Gasteiger partial charge is 0.286 e. The molecular weight excluding hydrogens is 434 g/mol. The molecule has 1 aromatic carbocycles. The maximum absolute atomic E-state index is 11.3. The van der Waals surface area contributed by atoms with Crippen LogP contribution in [0, 0.1) is 6.92 Å². The van der Waals surface area contributed by atoms with Gasteiger partial charge in [0.15, 0.2) is 5.71 Å². The third-order valence-corrected chi connectivity index (χ3v) is 6.40. The van der Waals surface area contributed by atoms with Crippen molar-refractivity contribution in [2.45, 2.75) is 38.0 Å². The van der Waals surface area contributed by atoms with Crippen molar-refractivity contribution in [3.8, 4) is 0 Å². The molecule has 3 N–H and O–H groups in total. The number of nitrogens with zero attached hydrogens (tertiary/aromatic N) is 1. The minimum Gasteiger partial charge on any atom is -0.286 e. The molecule has 0 fully saturated rings. The van der Waals surface area contributed by atoms with Crippen molar-refractivity contribution in [1.29, 1.82) is 0 Å². The van der Waals surface area contributed by atoms with Crippen LogP contribution in [-0.4, -0.2) is 67.2 Å². The van der Waals surface area contributed by atoms with Crippen LogP contribution in [-0.2, 0) is 30.4 Å². The highest BCUT2D eigenvalue weighted by Crippen LogP contribution is 2.23. The Kier molecular flexibility index (Phi) is 8.29. The summed E-state index contributed by atoms with van der Waals surface area (Å²) in [5.41, 5.74) is 1.67. The summed E-state index contributed by atoms with van der Waals surface area (Å²) < 4.78 is 94.8. The average Bonchev–Trinajstić information content (AvgIpc) is 2.48. The predicted molar refractivity (Wildman–Crippen MR) is 103 cm³/mol. The predicted octanol–water partition coefficient (Wildman–Crippen LogP) is 1.29. The Morgan fingerprint density at radius 3 is 1.93 bits per heavy atom. The fourth-order valence-electron chi connectivity index (χ4n) is 2.66. The van der Waals surface area contributed by atoms with Crippen molar-refractivity contribution in [1.82, 2.24) is 0 Å². The van der Waals surface area contributed by atoms with Gasteiger partial charge in [-0.05, 0) is 25.5 Å². The van der Waals surface area contributed by atoms with E-state index < -0.39 is 41.9 Å². The molecule has 13 heteroatoms. The van der Waals surface area contributed by atoms with E-state index in [2.05, 4.69) is 0 Å². The summed E-state index contributed by atoms with van der Waals surface area (Å²) in [7, 11) is -12.7. The van der Waals surface area contributed by atoms with Crippen LogP contribution in [0.5, 0.6) is 0 Å². The summed E-state index contributed by atoms with van der Waals surface area (Å²) >= 11 is 0. The quantitative estimate of drug-likeness (QED) is 0.266. The molecule has 0 saturated carbocycles. The second kappa shape index (κ2) is 9.41. The van der Waals surface area contributed by atoms with Crippen molar-refractivity contribution >= 4 is 41.8 Å². The van der Waals surface area contributed by atoms with Gasteiger partial charge in [-0.15, -0.1) is 0 Å². The molecule has 28 heavy (non-hydrogen) atoms. The molecule has 1 rings (SSSR count). The molecule has 0 spiro atoms. The normalized spacial score (nSPS) is 14.0. The lowest BCUT2D eigenvalue weighted by molar-refractivity contribution is -0.443. The first-order valence-electron chi connectivity index (χ1n) is 8.18. The highest BCUT2D eigenvalue weighted by molar-refractivity contribution is 7.86. The largest absolute Gasteiger partial charge is 0.294 e. The number of hydrogen-bond acceptors (Lipinski definition) is 6. The Balaban J connectivity index is 3.24. The third kappa shape index (κ3) is 8.75. The first kappa shape index (κ1) is 24.7. The van der Waals surface area contributed by atoms with Gasteiger partial charge in [-0.25, -0.2) is 0 Å². The number of hydrogen-bond donors (Lipinski definition) is 3. The molecule has 0 saturated heterocycles. The van der Waals surface area contributed by atoms with E-state index in [0.29, 0.717) is 17.0 Å². The van der Waals surface area contributed by atoms with E-state index in [-0.39, 0.29) is 30.7 Å². The van der Waals surface area contributed by atoms with Crippen molar-refractivity contribution in [3.63, 3.8) is 0 Å². The maximum Gasteiger partial charge on any atom is 0.294 e. The van der Waals surface area contributed by atoms with Crippen LogP contribution in [0.4, 0.5) is 5.69 Å². The average molecular weight is 459 g/mol. The van der Waals surface area contributed by atoms with Crippen LogP contribution in [0.1, 0.15) is 31.7 Å². The van der Waals surface area contributed by atoms with Crippen molar-refractivity contribution in [2.75, 3.05) is 18.1 Å². The molecule has 0 aliphatic carbocycles. The lowest BCUT2D eigenvalue weighted by Gasteiger charge is -2.10. The lowest BCUT2D eigenvalue weighted by atomic mass is 10.1. The minimum absolute atomic E-state index is 0.0635. The highest BCUT2D eigenvalue weighted by Gasteiger charge is 2.21. The molecule has 0 unspecified atom stereocenters. The zero-order valence-electron chi connectivity index (χ0n) is 15.4. The highest BCUT2D eigenvalue weighted by atomic mass is 32.2. The first-order valence-corrected chi connectivity index (χ1v) is 12.8. The van der Waals surface area contributed by atoms with Gasteiger partial charge in [0.1, 0.15) is 6.54 Å². The van der Waals surface area contributed by atoms with E-state index in [9.17, 15) is 25.3 Å². The van der Waals surface area contributed by atoms with Gasteiger partial charge in [-0.1, -0.05) is 0 Å². The lowest BCUT2D eigenvalue weighted by Crippen LogP contribution is -2.20. The summed E-state index contributed by atoms with van der Waals surface area (Å²) in [6, 6.07) is 3.89. The molecule has 1 aromatic rings. The van der Waals surface area contributed by atoms with Crippen LogP contribution in [0.15, 0.2) is 23.1 Å². The topological polar surface area (TPSA) is 166 Å². The summed E-state index contributed by atoms with van der Waals surface area (Å²) in [5, 5.41) is 0. The van der Waals surface area contributed by atoms with Crippen LogP contribution in [0.2, 0.25) is 0 Å². The van der Waals surface area contributed by atoms with Crippen LogP contribution in [0.3, 0.4) is 0 Å². The first-order chi connectivity index (χ1) is 12.6. The number of rotatable bonds is 10. The van der Waals surface area contributed by atoms with E-state index in [0.717, 1.165) is 0 Å². The SMILES string of the molecule is C/C(CCCS(=O)(=O)O)=[N+](\CCCS(=O)(=O)O)c1ccc(S(=O)(=O)O)cc1C. The monoisotopic (exact) mass is 458 g/mol. The molecule has 0 atom stereocenters. The van der Waals surface area contributed by atoms with Gasteiger partial charge in [0, 0.05) is 31.4 Å². The summed E-state index contributed by atoms with van der Waals surface area (Å²) in [6.07, 6.45) is 0.459. The Bertz CT molecular complexity index is 1060. The van der Waals surface area contributed by atoms with E-state index in [1.54, 1.807) is 18.4 Å². The molecule has 0 bridgehead atoms. The van der Waals surface area contributed by atoms with Gasteiger partial charge >= 0.3 is 0 Å². The van der Waals surface area contributed by atoms with Gasteiger partial charge in [0.25, 0.3) is 30.4 Å². The number of benzene rings is 1. The molecule has 0 aromatic heterocycles. The van der Waals surface area contributed by atoms with Crippen LogP contribution < -0.4 is 0 Å². The second-order valence-corrected chi connectivity index (χ2v) is 10.9. The standard InChI is InChI=1S/C15H23NO9S3/c1-12-11-14(28(23,24)25)6-7-15(12)16(8-4-10-27(20,21)22)13(2)5-3-9-26(17,18)19/h6-7,11H,3-5,8-10H2,1-2H3,(H2-,17,18,19,20,21,22,23,24,25)/p+1/b16-13-. The van der Waals surface area contributed by atoms with E-state index in [1.807, 2.05) is 0 Å².